The molecule has 0 saturated carbocycles. The molecule has 0 aliphatic carbocycles. The van der Waals surface area contributed by atoms with Crippen LogP contribution in [0.25, 0.3) is 6.08 Å². The van der Waals surface area contributed by atoms with Crippen molar-refractivity contribution in [2.45, 2.75) is 12.8 Å². The summed E-state index contributed by atoms with van der Waals surface area (Å²) < 4.78 is 10.6. The number of rotatable bonds is 4. The van der Waals surface area contributed by atoms with E-state index < -0.39 is 0 Å². The van der Waals surface area contributed by atoms with Crippen molar-refractivity contribution >= 4 is 35.2 Å². The summed E-state index contributed by atoms with van der Waals surface area (Å²) in [4.78, 5) is 26.9. The Bertz CT molecular complexity index is 945. The third kappa shape index (κ3) is 4.54. The Labute approximate surface area is 174 Å². The second-order valence-corrected chi connectivity index (χ2v) is 7.46. The molecule has 0 bridgehead atoms. The third-order valence-electron chi connectivity index (χ3n) is 5.01. The van der Waals surface area contributed by atoms with E-state index >= 15 is 0 Å². The van der Waals surface area contributed by atoms with Gasteiger partial charge in [0.15, 0.2) is 11.5 Å². The number of fused-ring (bicyclic) bond motifs is 1. The molecule has 150 valence electrons. The Morgan fingerprint density at radius 3 is 2.83 bits per heavy atom. The van der Waals surface area contributed by atoms with Crippen LogP contribution in [0.2, 0.25) is 5.02 Å². The molecule has 1 N–H and O–H groups in total. The highest BCUT2D eigenvalue weighted by Crippen LogP contribution is 2.40. The Kier molecular flexibility index (Phi) is 5.71. The van der Waals surface area contributed by atoms with Crippen LogP contribution in [0.3, 0.4) is 0 Å². The molecule has 6 nitrogen and oxygen atoms in total. The van der Waals surface area contributed by atoms with Crippen molar-refractivity contribution in [1.29, 1.82) is 0 Å². The summed E-state index contributed by atoms with van der Waals surface area (Å²) in [6.07, 6.45) is 4.77. The van der Waals surface area contributed by atoms with Gasteiger partial charge in [0, 0.05) is 24.9 Å². The number of nitrogens with zero attached hydrogens (tertiary/aromatic N) is 1. The van der Waals surface area contributed by atoms with E-state index in [0.717, 1.165) is 24.1 Å². The molecular formula is C22H21ClN2O4. The predicted octanol–water partition coefficient (Wildman–Crippen LogP) is 3.96. The lowest BCUT2D eigenvalue weighted by Gasteiger charge is -2.31. The van der Waals surface area contributed by atoms with E-state index in [9.17, 15) is 9.59 Å². The van der Waals surface area contributed by atoms with Crippen LogP contribution in [-0.2, 0) is 9.59 Å². The second kappa shape index (κ2) is 8.57. The fourth-order valence-corrected chi connectivity index (χ4v) is 3.79. The number of hydrogen-bond donors (Lipinski definition) is 1. The first-order valence-corrected chi connectivity index (χ1v) is 9.90. The van der Waals surface area contributed by atoms with Crippen molar-refractivity contribution in [3.63, 3.8) is 0 Å². The van der Waals surface area contributed by atoms with E-state index in [1.807, 2.05) is 30.3 Å². The number of likely N-dealkylation sites (tertiary alicyclic amines) is 1. The smallest absolute Gasteiger partial charge is 0.246 e. The molecule has 1 saturated heterocycles. The van der Waals surface area contributed by atoms with Gasteiger partial charge in [-0.25, -0.2) is 0 Å². The normalized spacial score (nSPS) is 18.1. The van der Waals surface area contributed by atoms with E-state index in [1.165, 1.54) is 6.08 Å². The van der Waals surface area contributed by atoms with E-state index in [1.54, 1.807) is 23.1 Å². The van der Waals surface area contributed by atoms with Crippen molar-refractivity contribution < 1.29 is 19.1 Å². The Hall–Kier alpha value is -2.99. The van der Waals surface area contributed by atoms with Crippen LogP contribution in [-0.4, -0.2) is 36.6 Å². The minimum atomic E-state index is -0.221. The summed E-state index contributed by atoms with van der Waals surface area (Å²) in [6.45, 7) is 1.19. The lowest BCUT2D eigenvalue weighted by atomic mass is 9.97. The summed E-state index contributed by atoms with van der Waals surface area (Å²) in [5, 5.41) is 3.37. The number of carbonyl (C=O) groups excluding carboxylic acids is 2. The summed E-state index contributed by atoms with van der Waals surface area (Å²) in [5.74, 6) is 0.691. The second-order valence-electron chi connectivity index (χ2n) is 7.05. The van der Waals surface area contributed by atoms with Gasteiger partial charge in [0.1, 0.15) is 0 Å². The van der Waals surface area contributed by atoms with Gasteiger partial charge in [0.25, 0.3) is 0 Å². The zero-order valence-electron chi connectivity index (χ0n) is 15.8. The molecule has 4 rings (SSSR count). The fraction of sp³-hybridized carbons (Fsp3) is 0.273. The number of carbonyl (C=O) groups is 2. The highest BCUT2D eigenvalue weighted by Gasteiger charge is 2.27. The number of nitrogens with one attached hydrogen (secondary N) is 1. The number of anilines is 1. The molecule has 2 aromatic carbocycles. The van der Waals surface area contributed by atoms with Crippen LogP contribution in [0.1, 0.15) is 18.4 Å². The van der Waals surface area contributed by atoms with Crippen molar-refractivity contribution in [1.82, 2.24) is 4.90 Å². The minimum Gasteiger partial charge on any atom is -0.454 e. The maximum Gasteiger partial charge on any atom is 0.246 e. The van der Waals surface area contributed by atoms with Gasteiger partial charge in [-0.2, -0.15) is 0 Å². The molecular weight excluding hydrogens is 392 g/mol. The fourth-order valence-electron chi connectivity index (χ4n) is 3.51. The molecule has 1 fully saturated rings. The van der Waals surface area contributed by atoms with Gasteiger partial charge in [-0.05, 0) is 48.7 Å². The monoisotopic (exact) mass is 412 g/mol. The highest BCUT2D eigenvalue weighted by molar-refractivity contribution is 6.32. The third-order valence-corrected chi connectivity index (χ3v) is 5.29. The van der Waals surface area contributed by atoms with Crippen LogP contribution in [0.5, 0.6) is 11.5 Å². The molecule has 29 heavy (non-hydrogen) atoms. The first kappa shape index (κ1) is 19.3. The standard InChI is InChI=1S/C22H21ClN2O4/c23-18-11-15(12-19-21(18)29-14-28-19)8-9-20(26)25-10-4-5-16(13-25)22(27)24-17-6-2-1-3-7-17/h1-3,6-9,11-12,16H,4-5,10,13-14H2,(H,24,27)/b9-8+. The number of hydrogen-bond acceptors (Lipinski definition) is 4. The molecule has 7 heteroatoms. The maximum absolute atomic E-state index is 12.6. The predicted molar refractivity (Wildman–Crippen MR) is 111 cm³/mol. The topological polar surface area (TPSA) is 67.9 Å². The average molecular weight is 413 g/mol. The number of ether oxygens (including phenoxy) is 2. The van der Waals surface area contributed by atoms with Gasteiger partial charge < -0.3 is 19.7 Å². The van der Waals surface area contributed by atoms with Crippen molar-refractivity contribution in [2.24, 2.45) is 5.92 Å². The SMILES string of the molecule is O=C(Nc1ccccc1)C1CCCN(C(=O)/C=C/c2cc(Cl)c3c(c2)OCO3)C1. The van der Waals surface area contributed by atoms with Gasteiger partial charge in [-0.3, -0.25) is 9.59 Å². The van der Waals surface area contributed by atoms with Gasteiger partial charge in [-0.1, -0.05) is 29.8 Å². The first-order valence-electron chi connectivity index (χ1n) is 9.52. The van der Waals surface area contributed by atoms with Crippen LogP contribution in [0.15, 0.2) is 48.5 Å². The number of halogens is 1. The van der Waals surface area contributed by atoms with Crippen LogP contribution < -0.4 is 14.8 Å². The maximum atomic E-state index is 12.6. The van der Waals surface area contributed by atoms with Crippen molar-refractivity contribution in [2.75, 3.05) is 25.2 Å². The zero-order chi connectivity index (χ0) is 20.2. The average Bonchev–Trinajstić information content (AvgIpc) is 3.22. The molecule has 2 aliphatic heterocycles. The molecule has 2 heterocycles. The van der Waals surface area contributed by atoms with E-state index in [4.69, 9.17) is 21.1 Å². The van der Waals surface area contributed by atoms with Gasteiger partial charge >= 0.3 is 0 Å². The molecule has 0 radical (unpaired) electrons. The summed E-state index contributed by atoms with van der Waals surface area (Å²) in [7, 11) is 0. The highest BCUT2D eigenvalue weighted by atomic mass is 35.5. The van der Waals surface area contributed by atoms with Crippen LogP contribution >= 0.6 is 11.6 Å². The number of amides is 2. The van der Waals surface area contributed by atoms with E-state index in [0.29, 0.717) is 29.6 Å². The minimum absolute atomic E-state index is 0.0553. The number of piperidine rings is 1. The summed E-state index contributed by atoms with van der Waals surface area (Å²) in [6, 6.07) is 12.9. The van der Waals surface area contributed by atoms with E-state index in [-0.39, 0.29) is 24.5 Å². The Morgan fingerprint density at radius 1 is 1.17 bits per heavy atom. The molecule has 0 spiro atoms. The molecule has 2 aromatic rings. The Balaban J connectivity index is 1.38. The lowest BCUT2D eigenvalue weighted by Crippen LogP contribution is -2.43. The van der Waals surface area contributed by atoms with Gasteiger partial charge in [0.05, 0.1) is 10.9 Å². The molecule has 0 aromatic heterocycles. The molecule has 2 amide bonds. The van der Waals surface area contributed by atoms with Crippen molar-refractivity contribution in [3.8, 4) is 11.5 Å². The zero-order valence-corrected chi connectivity index (χ0v) is 16.5. The number of benzene rings is 2. The molecule has 2 aliphatic rings. The van der Waals surface area contributed by atoms with Gasteiger partial charge in [-0.15, -0.1) is 0 Å². The molecule has 1 unspecified atom stereocenters. The Morgan fingerprint density at radius 2 is 2.00 bits per heavy atom. The molecule has 1 atom stereocenters. The summed E-state index contributed by atoms with van der Waals surface area (Å²) in [5.41, 5.74) is 1.52. The first-order chi connectivity index (χ1) is 14.1. The lowest BCUT2D eigenvalue weighted by molar-refractivity contribution is -0.130. The van der Waals surface area contributed by atoms with E-state index in [2.05, 4.69) is 5.32 Å². The number of para-hydroxylation sites is 1. The summed E-state index contributed by atoms with van der Waals surface area (Å²) >= 11 is 6.18. The van der Waals surface area contributed by atoms with Crippen LogP contribution in [0.4, 0.5) is 5.69 Å². The quantitative estimate of drug-likeness (QED) is 0.772. The van der Waals surface area contributed by atoms with Crippen LogP contribution in [0, 0.1) is 5.92 Å². The van der Waals surface area contributed by atoms with Crippen molar-refractivity contribution in [3.05, 3.63) is 59.1 Å². The van der Waals surface area contributed by atoms with Gasteiger partial charge in [0.2, 0.25) is 18.6 Å². The largest absolute Gasteiger partial charge is 0.454 e.